The first-order valence-corrected chi connectivity index (χ1v) is 7.46. The van der Waals surface area contributed by atoms with Crippen LogP contribution in [0.4, 0.5) is 0 Å². The van der Waals surface area contributed by atoms with E-state index in [2.05, 4.69) is 36.7 Å². The zero-order chi connectivity index (χ0) is 12.1. The van der Waals surface area contributed by atoms with E-state index in [-0.39, 0.29) is 5.91 Å². The number of amides is 1. The molecule has 2 nitrogen and oxygen atoms in total. The van der Waals surface area contributed by atoms with Gasteiger partial charge in [-0.1, -0.05) is 22.9 Å². The third-order valence-electron chi connectivity index (χ3n) is 2.51. The molecule has 0 atom stereocenters. The van der Waals surface area contributed by atoms with Gasteiger partial charge < -0.3 is 4.90 Å². The molecule has 0 aliphatic heterocycles. The van der Waals surface area contributed by atoms with E-state index in [0.29, 0.717) is 0 Å². The number of halogens is 1. The van der Waals surface area contributed by atoms with Crippen molar-refractivity contribution in [2.75, 3.05) is 18.4 Å². The van der Waals surface area contributed by atoms with Crippen molar-refractivity contribution in [3.8, 4) is 0 Å². The largest absolute Gasteiger partial charge is 0.337 e. The maximum Gasteiger partial charge on any atom is 0.263 e. The molecule has 1 heterocycles. The highest BCUT2D eigenvalue weighted by atomic mass is 79.9. The molecule has 16 heavy (non-hydrogen) atoms. The molecule has 0 aliphatic carbocycles. The Balaban J connectivity index is 2.81. The molecular formula is C12H18BrNOS. The van der Waals surface area contributed by atoms with Gasteiger partial charge >= 0.3 is 0 Å². The van der Waals surface area contributed by atoms with Gasteiger partial charge in [-0.05, 0) is 31.9 Å². The minimum absolute atomic E-state index is 0.169. The highest BCUT2D eigenvalue weighted by molar-refractivity contribution is 9.09. The lowest BCUT2D eigenvalue weighted by Gasteiger charge is -2.20. The smallest absolute Gasteiger partial charge is 0.263 e. The number of rotatable bonds is 5. The molecule has 1 amide bonds. The van der Waals surface area contributed by atoms with Gasteiger partial charge in [-0.25, -0.2) is 0 Å². The number of thiophene rings is 1. The summed E-state index contributed by atoms with van der Waals surface area (Å²) in [5.41, 5.74) is 1.21. The van der Waals surface area contributed by atoms with Crippen molar-refractivity contribution in [1.82, 2.24) is 4.90 Å². The number of carbonyl (C=O) groups excluding carboxylic acids is 1. The number of aryl methyl sites for hydroxylation is 2. The molecule has 1 aromatic rings. The molecule has 1 aromatic heterocycles. The molecule has 0 saturated carbocycles. The lowest BCUT2D eigenvalue weighted by Crippen LogP contribution is -2.32. The van der Waals surface area contributed by atoms with E-state index in [0.717, 1.165) is 29.7 Å². The maximum absolute atomic E-state index is 12.2. The predicted octanol–water partition coefficient (Wildman–Crippen LogP) is 3.61. The minimum Gasteiger partial charge on any atom is -0.337 e. The summed E-state index contributed by atoms with van der Waals surface area (Å²) in [6.07, 6.45) is 1.00. The van der Waals surface area contributed by atoms with Crippen LogP contribution in [0.25, 0.3) is 0 Å². The van der Waals surface area contributed by atoms with Gasteiger partial charge in [-0.2, -0.15) is 0 Å². The maximum atomic E-state index is 12.2. The number of nitrogens with zero attached hydrogens (tertiary/aromatic N) is 1. The monoisotopic (exact) mass is 303 g/mol. The third kappa shape index (κ3) is 3.32. The average Bonchev–Trinajstić information content (AvgIpc) is 2.58. The van der Waals surface area contributed by atoms with Crippen LogP contribution in [0.1, 0.15) is 33.5 Å². The van der Waals surface area contributed by atoms with Gasteiger partial charge in [0.15, 0.2) is 0 Å². The van der Waals surface area contributed by atoms with Crippen molar-refractivity contribution in [3.63, 3.8) is 0 Å². The summed E-state index contributed by atoms with van der Waals surface area (Å²) in [7, 11) is 0. The average molecular weight is 304 g/mol. The molecule has 0 bridgehead atoms. The van der Waals surface area contributed by atoms with Gasteiger partial charge in [-0.15, -0.1) is 11.3 Å². The molecule has 0 aliphatic rings. The summed E-state index contributed by atoms with van der Waals surface area (Å²) in [4.78, 5) is 16.2. The van der Waals surface area contributed by atoms with Gasteiger partial charge in [0.25, 0.3) is 5.91 Å². The fourth-order valence-corrected chi connectivity index (χ4v) is 2.95. The van der Waals surface area contributed by atoms with E-state index in [1.54, 1.807) is 11.3 Å². The van der Waals surface area contributed by atoms with Crippen molar-refractivity contribution in [2.24, 2.45) is 0 Å². The molecule has 0 saturated heterocycles. The normalized spacial score (nSPS) is 10.5. The predicted molar refractivity (Wildman–Crippen MR) is 73.8 cm³/mol. The number of hydrogen-bond acceptors (Lipinski definition) is 2. The molecule has 0 fully saturated rings. The second-order valence-corrected chi connectivity index (χ2v) is 5.88. The first-order valence-electron chi connectivity index (χ1n) is 5.52. The van der Waals surface area contributed by atoms with Gasteiger partial charge in [0, 0.05) is 23.3 Å². The van der Waals surface area contributed by atoms with Crippen molar-refractivity contribution >= 4 is 33.2 Å². The highest BCUT2D eigenvalue weighted by Crippen LogP contribution is 2.22. The molecule has 1 rings (SSSR count). The van der Waals surface area contributed by atoms with Crippen LogP contribution >= 0.6 is 27.3 Å². The Morgan fingerprint density at radius 3 is 2.56 bits per heavy atom. The highest BCUT2D eigenvalue weighted by Gasteiger charge is 2.16. The van der Waals surface area contributed by atoms with Crippen molar-refractivity contribution < 1.29 is 4.79 Å². The van der Waals surface area contributed by atoms with Crippen LogP contribution in [0.3, 0.4) is 0 Å². The summed E-state index contributed by atoms with van der Waals surface area (Å²) >= 11 is 4.99. The van der Waals surface area contributed by atoms with Crippen LogP contribution in [0, 0.1) is 13.8 Å². The molecule has 0 spiro atoms. The Labute approximate surface area is 110 Å². The third-order valence-corrected chi connectivity index (χ3v) is 4.01. The van der Waals surface area contributed by atoms with Crippen LogP contribution < -0.4 is 0 Å². The molecule has 90 valence electrons. The van der Waals surface area contributed by atoms with Crippen molar-refractivity contribution in [2.45, 2.75) is 27.2 Å². The second kappa shape index (κ2) is 6.40. The second-order valence-electron chi connectivity index (χ2n) is 3.83. The molecule has 0 radical (unpaired) electrons. The molecular weight excluding hydrogens is 286 g/mol. The first-order chi connectivity index (χ1) is 7.60. The van der Waals surface area contributed by atoms with Crippen molar-refractivity contribution in [3.05, 3.63) is 21.4 Å². The number of carbonyl (C=O) groups is 1. The van der Waals surface area contributed by atoms with E-state index in [4.69, 9.17) is 0 Å². The first kappa shape index (κ1) is 13.7. The fourth-order valence-electron chi connectivity index (χ4n) is 1.52. The molecule has 0 N–H and O–H groups in total. The van der Waals surface area contributed by atoms with E-state index in [1.165, 1.54) is 10.4 Å². The van der Waals surface area contributed by atoms with E-state index < -0.39 is 0 Å². The minimum atomic E-state index is 0.169. The van der Waals surface area contributed by atoms with Gasteiger partial charge in [0.05, 0.1) is 4.88 Å². The summed E-state index contributed by atoms with van der Waals surface area (Å²) in [6, 6.07) is 2.00. The van der Waals surface area contributed by atoms with E-state index in [9.17, 15) is 4.79 Å². The Morgan fingerprint density at radius 1 is 1.44 bits per heavy atom. The SMILES string of the molecule is CCCN(CCBr)C(=O)c1cc(C)c(C)s1. The van der Waals surface area contributed by atoms with Gasteiger partial charge in [0.1, 0.15) is 0 Å². The number of hydrogen-bond donors (Lipinski definition) is 0. The summed E-state index contributed by atoms with van der Waals surface area (Å²) in [5, 5.41) is 0.835. The lowest BCUT2D eigenvalue weighted by molar-refractivity contribution is 0.0771. The lowest BCUT2D eigenvalue weighted by atomic mass is 10.2. The Bertz CT molecular complexity index is 336. The van der Waals surface area contributed by atoms with E-state index >= 15 is 0 Å². The topological polar surface area (TPSA) is 20.3 Å². The standard InChI is InChI=1S/C12H18BrNOS/c1-4-6-14(7-5-13)12(15)11-8-9(2)10(3)16-11/h8H,4-7H2,1-3H3. The van der Waals surface area contributed by atoms with Crippen LogP contribution in [0.5, 0.6) is 0 Å². The zero-order valence-electron chi connectivity index (χ0n) is 10.0. The molecule has 0 aromatic carbocycles. The van der Waals surface area contributed by atoms with Gasteiger partial charge in [-0.3, -0.25) is 4.79 Å². The Morgan fingerprint density at radius 2 is 2.12 bits per heavy atom. The quantitative estimate of drug-likeness (QED) is 0.761. The van der Waals surface area contributed by atoms with Gasteiger partial charge in [0.2, 0.25) is 0 Å². The van der Waals surface area contributed by atoms with Crippen LogP contribution in [0.15, 0.2) is 6.07 Å². The van der Waals surface area contributed by atoms with Crippen molar-refractivity contribution in [1.29, 1.82) is 0 Å². The zero-order valence-corrected chi connectivity index (χ0v) is 12.4. The molecule has 4 heteroatoms. The number of alkyl halides is 1. The fraction of sp³-hybridized carbons (Fsp3) is 0.583. The van der Waals surface area contributed by atoms with Crippen LogP contribution in [-0.4, -0.2) is 29.2 Å². The molecule has 0 unspecified atom stereocenters. The summed E-state index contributed by atoms with van der Waals surface area (Å²) in [5.74, 6) is 0.169. The van der Waals surface area contributed by atoms with E-state index in [1.807, 2.05) is 11.0 Å². The summed E-state index contributed by atoms with van der Waals surface area (Å²) in [6.45, 7) is 7.82. The Kier molecular flexibility index (Phi) is 5.49. The summed E-state index contributed by atoms with van der Waals surface area (Å²) < 4.78 is 0. The Hall–Kier alpha value is -0.350. The van der Waals surface area contributed by atoms with Crippen LogP contribution in [-0.2, 0) is 0 Å². The van der Waals surface area contributed by atoms with Crippen LogP contribution in [0.2, 0.25) is 0 Å².